The van der Waals surface area contributed by atoms with E-state index < -0.39 is 17.3 Å². The lowest BCUT2D eigenvalue weighted by molar-refractivity contribution is 0.0702. The Balaban J connectivity index is 1.72. The monoisotopic (exact) mass is 335 g/mol. The number of aromatic nitrogens is 2. The smallest absolute Gasteiger partial charge is 0.347 e. The third-order valence-corrected chi connectivity index (χ3v) is 4.97. The van der Waals surface area contributed by atoms with Gasteiger partial charge in [-0.3, -0.25) is 9.78 Å². The largest absolute Gasteiger partial charge is 0.477 e. The molecule has 0 bridgehead atoms. The van der Waals surface area contributed by atoms with Gasteiger partial charge in [-0.15, -0.1) is 0 Å². The first-order chi connectivity index (χ1) is 11.0. The summed E-state index contributed by atoms with van der Waals surface area (Å²) < 4.78 is 17.8. The van der Waals surface area contributed by atoms with E-state index >= 15 is 0 Å². The third-order valence-electron chi connectivity index (χ3n) is 4.20. The molecule has 8 heteroatoms. The summed E-state index contributed by atoms with van der Waals surface area (Å²) in [6.07, 6.45) is 5.26. The van der Waals surface area contributed by atoms with Gasteiger partial charge >= 0.3 is 5.97 Å². The first-order valence-corrected chi connectivity index (χ1v) is 7.87. The average molecular weight is 335 g/mol. The number of carbonyl (C=O) groups is 2. The predicted octanol–water partition coefficient (Wildman–Crippen LogP) is 2.23. The van der Waals surface area contributed by atoms with E-state index in [0.717, 1.165) is 30.8 Å². The number of carboxylic acids is 1. The normalized spacial score (nSPS) is 15.7. The molecule has 1 aliphatic carbocycles. The average Bonchev–Trinajstić information content (AvgIpc) is 2.97. The Kier molecular flexibility index (Phi) is 4.08. The van der Waals surface area contributed by atoms with Gasteiger partial charge in [0.15, 0.2) is 0 Å². The van der Waals surface area contributed by atoms with Crippen LogP contribution in [0.4, 0.5) is 4.39 Å². The summed E-state index contributed by atoms with van der Waals surface area (Å²) in [5.41, 5.74) is 0.203. The molecule has 2 N–H and O–H groups in total. The van der Waals surface area contributed by atoms with Gasteiger partial charge in [-0.2, -0.15) is 4.37 Å². The van der Waals surface area contributed by atoms with Crippen LogP contribution in [0.25, 0.3) is 0 Å². The van der Waals surface area contributed by atoms with Gasteiger partial charge in [-0.25, -0.2) is 9.18 Å². The van der Waals surface area contributed by atoms with Crippen molar-refractivity contribution in [2.24, 2.45) is 0 Å². The van der Waals surface area contributed by atoms with Crippen molar-refractivity contribution in [2.45, 2.75) is 24.7 Å². The maximum atomic E-state index is 14.0. The van der Waals surface area contributed by atoms with Gasteiger partial charge in [-0.05, 0) is 42.1 Å². The molecule has 3 rings (SSSR count). The van der Waals surface area contributed by atoms with Crippen LogP contribution in [0.1, 0.15) is 45.0 Å². The topological polar surface area (TPSA) is 92.2 Å². The molecule has 0 aliphatic heterocycles. The van der Waals surface area contributed by atoms with E-state index in [-0.39, 0.29) is 22.9 Å². The van der Waals surface area contributed by atoms with Crippen LogP contribution in [0.2, 0.25) is 0 Å². The molecule has 1 fully saturated rings. The van der Waals surface area contributed by atoms with E-state index in [9.17, 15) is 14.0 Å². The Bertz CT molecular complexity index is 758. The van der Waals surface area contributed by atoms with Crippen molar-refractivity contribution >= 4 is 23.4 Å². The van der Waals surface area contributed by atoms with Crippen molar-refractivity contribution in [1.82, 2.24) is 14.7 Å². The number of hydrogen-bond acceptors (Lipinski definition) is 5. The molecule has 2 aromatic rings. The van der Waals surface area contributed by atoms with Crippen molar-refractivity contribution in [2.75, 3.05) is 6.54 Å². The van der Waals surface area contributed by atoms with Gasteiger partial charge in [0, 0.05) is 18.2 Å². The Morgan fingerprint density at radius 3 is 2.78 bits per heavy atom. The number of pyridine rings is 1. The van der Waals surface area contributed by atoms with Crippen LogP contribution >= 0.6 is 11.5 Å². The summed E-state index contributed by atoms with van der Waals surface area (Å²) in [5.74, 6) is -1.94. The second-order valence-corrected chi connectivity index (χ2v) is 6.36. The molecule has 0 saturated heterocycles. The Hall–Kier alpha value is -2.35. The molecule has 1 aliphatic rings. The van der Waals surface area contributed by atoms with Crippen LogP contribution in [0.5, 0.6) is 0 Å². The van der Waals surface area contributed by atoms with Crippen molar-refractivity contribution in [3.8, 4) is 0 Å². The van der Waals surface area contributed by atoms with E-state index in [2.05, 4.69) is 14.7 Å². The minimum absolute atomic E-state index is 0.00804. The molecule has 0 aromatic carbocycles. The number of hydrogen-bond donors (Lipinski definition) is 2. The lowest BCUT2D eigenvalue weighted by Crippen LogP contribution is -2.46. The standard InChI is InChI=1S/C15H14FN3O3S/c16-10-7-17-5-2-9(10)15(3-1-4-15)8-18-13(20)11-6-12(14(21)22)23-19-11/h2,5-7H,1,3-4,8H2,(H,18,20)(H,21,22). The molecule has 2 aromatic heterocycles. The summed E-state index contributed by atoms with van der Waals surface area (Å²) in [5, 5.41) is 11.6. The summed E-state index contributed by atoms with van der Waals surface area (Å²) in [7, 11) is 0. The number of rotatable bonds is 5. The molecule has 0 unspecified atom stereocenters. The van der Waals surface area contributed by atoms with Gasteiger partial charge in [0.05, 0.1) is 6.20 Å². The summed E-state index contributed by atoms with van der Waals surface area (Å²) in [4.78, 5) is 26.7. The lowest BCUT2D eigenvalue weighted by atomic mass is 9.64. The van der Waals surface area contributed by atoms with Crippen LogP contribution in [-0.2, 0) is 5.41 Å². The van der Waals surface area contributed by atoms with Crippen LogP contribution < -0.4 is 5.32 Å². The summed E-state index contributed by atoms with van der Waals surface area (Å²) in [6, 6.07) is 2.88. The predicted molar refractivity (Wildman–Crippen MR) is 81.1 cm³/mol. The quantitative estimate of drug-likeness (QED) is 0.874. The van der Waals surface area contributed by atoms with Crippen LogP contribution in [-0.4, -0.2) is 32.9 Å². The van der Waals surface area contributed by atoms with E-state index in [0.29, 0.717) is 5.56 Å². The van der Waals surface area contributed by atoms with Crippen molar-refractivity contribution in [3.05, 3.63) is 46.5 Å². The van der Waals surface area contributed by atoms with Crippen LogP contribution in [0, 0.1) is 5.82 Å². The molecule has 120 valence electrons. The Labute approximate surface area is 135 Å². The first-order valence-electron chi connectivity index (χ1n) is 7.10. The molecule has 6 nitrogen and oxygen atoms in total. The number of amides is 1. The molecule has 2 heterocycles. The van der Waals surface area contributed by atoms with E-state index in [4.69, 9.17) is 5.11 Å². The number of aromatic carboxylic acids is 1. The SMILES string of the molecule is O=C(NCC1(c2ccncc2F)CCC1)c1cc(C(=O)O)sn1. The molecule has 1 amide bonds. The highest BCUT2D eigenvalue weighted by Crippen LogP contribution is 2.44. The maximum absolute atomic E-state index is 14.0. The van der Waals surface area contributed by atoms with Crippen molar-refractivity contribution in [1.29, 1.82) is 0 Å². The second kappa shape index (κ2) is 6.04. The maximum Gasteiger partial charge on any atom is 0.347 e. The summed E-state index contributed by atoms with van der Waals surface area (Å²) in [6.45, 7) is 0.284. The zero-order valence-corrected chi connectivity index (χ0v) is 12.9. The zero-order chi connectivity index (χ0) is 16.4. The highest BCUT2D eigenvalue weighted by molar-refractivity contribution is 7.08. The number of nitrogens with one attached hydrogen (secondary N) is 1. The lowest BCUT2D eigenvalue weighted by Gasteiger charge is -2.42. The third kappa shape index (κ3) is 2.94. The van der Waals surface area contributed by atoms with Crippen molar-refractivity contribution in [3.63, 3.8) is 0 Å². The number of halogens is 1. The summed E-state index contributed by atoms with van der Waals surface area (Å²) >= 11 is 0.759. The number of carbonyl (C=O) groups excluding carboxylic acids is 1. The molecule has 0 spiro atoms. The van der Waals surface area contributed by atoms with E-state index in [1.54, 1.807) is 12.3 Å². The fourth-order valence-corrected chi connectivity index (χ4v) is 3.35. The van der Waals surface area contributed by atoms with E-state index in [1.807, 2.05) is 0 Å². The minimum Gasteiger partial charge on any atom is -0.477 e. The van der Waals surface area contributed by atoms with Crippen LogP contribution in [0.3, 0.4) is 0 Å². The molecule has 1 saturated carbocycles. The number of nitrogens with zero attached hydrogens (tertiary/aromatic N) is 2. The molecule has 0 radical (unpaired) electrons. The minimum atomic E-state index is -1.11. The first kappa shape index (κ1) is 15.5. The fraction of sp³-hybridized carbons (Fsp3) is 0.333. The van der Waals surface area contributed by atoms with Crippen LogP contribution in [0.15, 0.2) is 24.5 Å². The zero-order valence-electron chi connectivity index (χ0n) is 12.1. The molecule has 0 atom stereocenters. The molecular formula is C15H14FN3O3S. The fourth-order valence-electron chi connectivity index (χ4n) is 2.77. The van der Waals surface area contributed by atoms with Gasteiger partial charge in [0.1, 0.15) is 16.4 Å². The Morgan fingerprint density at radius 1 is 1.43 bits per heavy atom. The molecular weight excluding hydrogens is 321 g/mol. The molecule has 23 heavy (non-hydrogen) atoms. The second-order valence-electron chi connectivity index (χ2n) is 5.55. The number of carboxylic acid groups (broad SMARTS) is 1. The van der Waals surface area contributed by atoms with Gasteiger partial charge in [-0.1, -0.05) is 6.42 Å². The Morgan fingerprint density at radius 2 is 2.22 bits per heavy atom. The van der Waals surface area contributed by atoms with Crippen molar-refractivity contribution < 1.29 is 19.1 Å². The highest BCUT2D eigenvalue weighted by Gasteiger charge is 2.41. The van der Waals surface area contributed by atoms with Gasteiger partial charge in [0.25, 0.3) is 5.91 Å². The van der Waals surface area contributed by atoms with Gasteiger partial charge < -0.3 is 10.4 Å². The van der Waals surface area contributed by atoms with Gasteiger partial charge in [0.2, 0.25) is 0 Å². The van der Waals surface area contributed by atoms with E-state index in [1.165, 1.54) is 12.3 Å². The highest BCUT2D eigenvalue weighted by atomic mass is 32.1.